The highest BCUT2D eigenvalue weighted by Crippen LogP contribution is 2.20. The molecule has 2 heterocycles. The van der Waals surface area contributed by atoms with E-state index >= 15 is 0 Å². The van der Waals surface area contributed by atoms with Crippen LogP contribution in [0, 0.1) is 11.3 Å². The van der Waals surface area contributed by atoms with Crippen molar-refractivity contribution in [3.8, 4) is 11.9 Å². The predicted molar refractivity (Wildman–Crippen MR) is 88.2 cm³/mol. The van der Waals surface area contributed by atoms with E-state index in [1.165, 1.54) is 23.0 Å². The number of aromatic nitrogens is 3. The van der Waals surface area contributed by atoms with Crippen LogP contribution in [0.2, 0.25) is 10.0 Å². The Bertz CT molecular complexity index is 948. The second-order valence-corrected chi connectivity index (χ2v) is 5.80. The van der Waals surface area contributed by atoms with Gasteiger partial charge in [-0.05, 0) is 29.8 Å². The summed E-state index contributed by atoms with van der Waals surface area (Å²) in [5.41, 5.74) is 1.75. The number of hydrogen-bond donors (Lipinski definition) is 1. The van der Waals surface area contributed by atoms with E-state index in [2.05, 4.69) is 10.1 Å². The normalized spacial score (nSPS) is 10.5. The summed E-state index contributed by atoms with van der Waals surface area (Å²) in [7, 11) is 0. The average Bonchev–Trinajstić information content (AvgIpc) is 2.86. The number of nitrogens with one attached hydrogen (secondary N) is 1. The van der Waals surface area contributed by atoms with Crippen LogP contribution in [0.4, 0.5) is 0 Å². The summed E-state index contributed by atoms with van der Waals surface area (Å²) in [6, 6.07) is 11.8. The highest BCUT2D eigenvalue weighted by atomic mass is 35.5. The first-order valence-electron chi connectivity index (χ1n) is 6.67. The molecule has 1 aromatic carbocycles. The van der Waals surface area contributed by atoms with Crippen molar-refractivity contribution in [1.29, 1.82) is 5.26 Å². The van der Waals surface area contributed by atoms with Gasteiger partial charge in [0.15, 0.2) is 5.82 Å². The number of aromatic amines is 1. The Morgan fingerprint density at radius 2 is 1.91 bits per heavy atom. The molecule has 0 aliphatic rings. The number of pyridine rings is 1. The number of H-pyrrole nitrogens is 1. The van der Waals surface area contributed by atoms with Crippen LogP contribution in [0.1, 0.15) is 16.8 Å². The van der Waals surface area contributed by atoms with Crippen LogP contribution in [0.15, 0.2) is 47.4 Å². The molecule has 5 nitrogen and oxygen atoms in total. The lowest BCUT2D eigenvalue weighted by Crippen LogP contribution is -2.14. The van der Waals surface area contributed by atoms with Gasteiger partial charge in [0.1, 0.15) is 0 Å². The lowest BCUT2D eigenvalue weighted by Gasteiger charge is -2.03. The molecule has 0 unspecified atom stereocenters. The SMILES string of the molecule is N#Cc1ccnc(-n2[nH]c(Cc3cc(Cl)cc(Cl)c3)cc2=O)c1. The molecule has 0 bridgehead atoms. The van der Waals surface area contributed by atoms with Gasteiger partial charge in [-0.2, -0.15) is 5.26 Å². The van der Waals surface area contributed by atoms with E-state index in [4.69, 9.17) is 28.5 Å². The molecular weight excluding hydrogens is 335 g/mol. The van der Waals surface area contributed by atoms with Gasteiger partial charge in [-0.3, -0.25) is 9.89 Å². The largest absolute Gasteiger partial charge is 0.293 e. The quantitative estimate of drug-likeness (QED) is 0.791. The number of nitrogens with zero attached hydrogens (tertiary/aromatic N) is 3. The Labute approximate surface area is 141 Å². The maximum Gasteiger partial charge on any atom is 0.272 e. The lowest BCUT2D eigenvalue weighted by molar-refractivity contribution is 0.798. The smallest absolute Gasteiger partial charge is 0.272 e. The number of halogens is 2. The van der Waals surface area contributed by atoms with Gasteiger partial charge in [-0.25, -0.2) is 9.67 Å². The van der Waals surface area contributed by atoms with Gasteiger partial charge in [-0.15, -0.1) is 0 Å². The zero-order valence-corrected chi connectivity index (χ0v) is 13.3. The van der Waals surface area contributed by atoms with Crippen molar-refractivity contribution >= 4 is 23.2 Å². The summed E-state index contributed by atoms with van der Waals surface area (Å²) in [4.78, 5) is 16.2. The third-order valence-electron chi connectivity index (χ3n) is 3.19. The average molecular weight is 345 g/mol. The van der Waals surface area contributed by atoms with Gasteiger partial charge < -0.3 is 0 Å². The van der Waals surface area contributed by atoms with E-state index in [-0.39, 0.29) is 5.56 Å². The summed E-state index contributed by atoms with van der Waals surface area (Å²) < 4.78 is 1.29. The third-order valence-corrected chi connectivity index (χ3v) is 3.63. The van der Waals surface area contributed by atoms with Gasteiger partial charge in [0.2, 0.25) is 0 Å². The fraction of sp³-hybridized carbons (Fsp3) is 0.0625. The van der Waals surface area contributed by atoms with Crippen molar-refractivity contribution < 1.29 is 0 Å². The third kappa shape index (κ3) is 3.45. The molecule has 0 atom stereocenters. The van der Waals surface area contributed by atoms with Crippen molar-refractivity contribution in [2.75, 3.05) is 0 Å². The molecule has 1 N–H and O–H groups in total. The van der Waals surface area contributed by atoms with E-state index in [1.54, 1.807) is 24.3 Å². The first kappa shape index (κ1) is 15.3. The van der Waals surface area contributed by atoms with Crippen molar-refractivity contribution in [1.82, 2.24) is 14.8 Å². The van der Waals surface area contributed by atoms with Crippen molar-refractivity contribution in [2.45, 2.75) is 6.42 Å². The van der Waals surface area contributed by atoms with Crippen LogP contribution in [-0.2, 0) is 6.42 Å². The minimum Gasteiger partial charge on any atom is -0.293 e. The monoisotopic (exact) mass is 344 g/mol. The molecule has 23 heavy (non-hydrogen) atoms. The van der Waals surface area contributed by atoms with E-state index in [9.17, 15) is 4.79 Å². The fourth-order valence-corrected chi connectivity index (χ4v) is 2.82. The van der Waals surface area contributed by atoms with Crippen molar-refractivity contribution in [3.05, 3.63) is 79.8 Å². The Hall–Kier alpha value is -2.55. The number of rotatable bonds is 3. The molecule has 0 saturated carbocycles. The van der Waals surface area contributed by atoms with E-state index in [0.717, 1.165) is 5.56 Å². The summed E-state index contributed by atoms with van der Waals surface area (Å²) >= 11 is 12.0. The van der Waals surface area contributed by atoms with Gasteiger partial charge in [0.05, 0.1) is 11.6 Å². The number of nitriles is 1. The minimum atomic E-state index is -0.254. The Morgan fingerprint density at radius 3 is 2.61 bits per heavy atom. The molecule has 0 radical (unpaired) electrons. The zero-order valence-electron chi connectivity index (χ0n) is 11.8. The van der Waals surface area contributed by atoms with Crippen LogP contribution in [-0.4, -0.2) is 14.8 Å². The topological polar surface area (TPSA) is 74.5 Å². The maximum atomic E-state index is 12.1. The van der Waals surface area contributed by atoms with Crippen molar-refractivity contribution in [2.24, 2.45) is 0 Å². The second kappa shape index (κ2) is 6.29. The summed E-state index contributed by atoms with van der Waals surface area (Å²) in [6.45, 7) is 0. The molecular formula is C16H10Cl2N4O. The summed E-state index contributed by atoms with van der Waals surface area (Å²) in [5.74, 6) is 0.365. The molecule has 2 aromatic heterocycles. The van der Waals surface area contributed by atoms with Crippen LogP contribution in [0.25, 0.3) is 5.82 Å². The molecule has 0 fully saturated rings. The van der Waals surface area contributed by atoms with Gasteiger partial charge in [0.25, 0.3) is 5.56 Å². The predicted octanol–water partition coefficient (Wildman–Crippen LogP) is 3.33. The van der Waals surface area contributed by atoms with Gasteiger partial charge >= 0.3 is 0 Å². The molecule has 0 amide bonds. The summed E-state index contributed by atoms with van der Waals surface area (Å²) in [5, 5.41) is 13.0. The van der Waals surface area contributed by atoms with Crippen LogP contribution in [0.5, 0.6) is 0 Å². The molecule has 7 heteroatoms. The lowest BCUT2D eigenvalue weighted by atomic mass is 10.1. The summed E-state index contributed by atoms with van der Waals surface area (Å²) in [6.07, 6.45) is 1.96. The first-order valence-corrected chi connectivity index (χ1v) is 7.43. The van der Waals surface area contributed by atoms with Crippen LogP contribution >= 0.6 is 23.2 Å². The van der Waals surface area contributed by atoms with E-state index in [1.807, 2.05) is 6.07 Å². The molecule has 0 aliphatic heterocycles. The van der Waals surface area contributed by atoms with Crippen LogP contribution in [0.3, 0.4) is 0 Å². The molecule has 3 aromatic rings. The standard InChI is InChI=1S/C16H10Cl2N4O/c17-12-3-11(4-13(18)7-12)5-14-8-16(23)22(21-14)15-6-10(9-19)1-2-20-15/h1-4,6-8,21H,5H2. The van der Waals surface area contributed by atoms with Crippen LogP contribution < -0.4 is 5.56 Å². The molecule has 0 aliphatic carbocycles. The van der Waals surface area contributed by atoms with E-state index < -0.39 is 0 Å². The molecule has 0 spiro atoms. The van der Waals surface area contributed by atoms with E-state index in [0.29, 0.717) is 33.5 Å². The van der Waals surface area contributed by atoms with Crippen molar-refractivity contribution in [3.63, 3.8) is 0 Å². The molecule has 3 rings (SSSR count). The molecule has 114 valence electrons. The highest BCUT2D eigenvalue weighted by Gasteiger charge is 2.08. The zero-order chi connectivity index (χ0) is 16.4. The fourth-order valence-electron chi connectivity index (χ4n) is 2.25. The Balaban J connectivity index is 1.95. The van der Waals surface area contributed by atoms with Gasteiger partial charge in [0, 0.05) is 40.5 Å². The number of benzene rings is 1. The number of hydrogen-bond acceptors (Lipinski definition) is 3. The maximum absolute atomic E-state index is 12.1. The minimum absolute atomic E-state index is 0.254. The molecule has 0 saturated heterocycles. The first-order chi connectivity index (χ1) is 11.0. The second-order valence-electron chi connectivity index (χ2n) is 4.92. The van der Waals surface area contributed by atoms with Gasteiger partial charge in [-0.1, -0.05) is 23.2 Å². The Morgan fingerprint density at radius 1 is 1.17 bits per heavy atom. The Kier molecular flexibility index (Phi) is 4.20. The highest BCUT2D eigenvalue weighted by molar-refractivity contribution is 6.34.